The molecule has 2 aromatic rings. The van der Waals surface area contributed by atoms with Gasteiger partial charge in [-0.2, -0.15) is 5.10 Å². The van der Waals surface area contributed by atoms with Gasteiger partial charge in [-0.3, -0.25) is 5.41 Å². The lowest BCUT2D eigenvalue weighted by atomic mass is 10.2. The molecule has 1 aromatic carbocycles. The summed E-state index contributed by atoms with van der Waals surface area (Å²) in [5, 5.41) is 25.1. The van der Waals surface area contributed by atoms with E-state index in [1.807, 2.05) is 12.3 Å². The average molecular weight is 287 g/mol. The normalized spacial score (nSPS) is 11.1. The third-order valence-electron chi connectivity index (χ3n) is 3.16. The minimum atomic E-state index is 0.185. The van der Waals surface area contributed by atoms with Crippen molar-refractivity contribution in [2.75, 3.05) is 6.54 Å². The Balaban J connectivity index is 1.88. The minimum Gasteiger partial charge on any atom is -0.508 e. The Morgan fingerprint density at radius 1 is 1.43 bits per heavy atom. The number of aromatic nitrogens is 1. The van der Waals surface area contributed by atoms with Crippen LogP contribution in [0.1, 0.15) is 31.7 Å². The van der Waals surface area contributed by atoms with Crippen LogP contribution in [0.4, 0.5) is 0 Å². The predicted octanol–water partition coefficient (Wildman–Crippen LogP) is 2.51. The molecule has 0 aliphatic rings. The first-order valence-electron chi connectivity index (χ1n) is 7.12. The van der Waals surface area contributed by atoms with Crippen LogP contribution in [0.3, 0.4) is 0 Å². The lowest BCUT2D eigenvalue weighted by Crippen LogP contribution is -2.33. The Morgan fingerprint density at radius 2 is 2.29 bits per heavy atom. The number of phenols is 1. The van der Waals surface area contributed by atoms with Gasteiger partial charge in [-0.25, -0.2) is 5.43 Å². The number of unbranched alkanes of at least 4 members (excludes halogenated alkanes) is 2. The van der Waals surface area contributed by atoms with Gasteiger partial charge in [0.05, 0.1) is 6.21 Å². The van der Waals surface area contributed by atoms with Gasteiger partial charge in [-0.05, 0) is 24.6 Å². The number of hydrazone groups is 1. The van der Waals surface area contributed by atoms with E-state index in [-0.39, 0.29) is 11.7 Å². The number of rotatable bonds is 6. The zero-order valence-electron chi connectivity index (χ0n) is 12.1. The fourth-order valence-corrected chi connectivity index (χ4v) is 2.03. The highest BCUT2D eigenvalue weighted by molar-refractivity contribution is 5.99. The maximum absolute atomic E-state index is 9.51. The standard InChI is InChI=1S/C15H21N5O/c1-2-3-4-7-17-15(16)20-19-10-11-9-18-14-6-5-12(21)8-13(11)14/h5-6,8-10,18,21H,2-4,7H2,1H3,(H3,16,17,20)/b19-10+. The van der Waals surface area contributed by atoms with Crippen molar-refractivity contribution >= 4 is 23.1 Å². The van der Waals surface area contributed by atoms with Crippen LogP contribution >= 0.6 is 0 Å². The van der Waals surface area contributed by atoms with Crippen molar-refractivity contribution < 1.29 is 5.11 Å². The van der Waals surface area contributed by atoms with Crippen molar-refractivity contribution in [3.63, 3.8) is 0 Å². The summed E-state index contributed by atoms with van der Waals surface area (Å²) in [6, 6.07) is 5.13. The summed E-state index contributed by atoms with van der Waals surface area (Å²) in [7, 11) is 0. The zero-order chi connectivity index (χ0) is 15.1. The smallest absolute Gasteiger partial charge is 0.209 e. The summed E-state index contributed by atoms with van der Waals surface area (Å²) in [6.07, 6.45) is 6.80. The molecule has 6 nitrogen and oxygen atoms in total. The topological polar surface area (TPSA) is 96.3 Å². The minimum absolute atomic E-state index is 0.185. The quantitative estimate of drug-likeness (QED) is 0.244. The molecule has 1 heterocycles. The monoisotopic (exact) mass is 287 g/mol. The molecule has 0 saturated heterocycles. The number of nitrogens with one attached hydrogen (secondary N) is 4. The van der Waals surface area contributed by atoms with E-state index < -0.39 is 0 Å². The largest absolute Gasteiger partial charge is 0.508 e. The first-order chi connectivity index (χ1) is 10.2. The van der Waals surface area contributed by atoms with Gasteiger partial charge in [0, 0.05) is 29.2 Å². The van der Waals surface area contributed by atoms with Gasteiger partial charge in [0.15, 0.2) is 0 Å². The molecule has 0 amide bonds. The van der Waals surface area contributed by atoms with Gasteiger partial charge in [-0.15, -0.1) is 0 Å². The van der Waals surface area contributed by atoms with Crippen LogP contribution in [0.25, 0.3) is 10.9 Å². The molecule has 112 valence electrons. The van der Waals surface area contributed by atoms with Crippen LogP contribution in [0.2, 0.25) is 0 Å². The zero-order valence-corrected chi connectivity index (χ0v) is 12.1. The van der Waals surface area contributed by atoms with Crippen molar-refractivity contribution in [2.24, 2.45) is 5.10 Å². The van der Waals surface area contributed by atoms with E-state index in [4.69, 9.17) is 5.41 Å². The highest BCUT2D eigenvalue weighted by atomic mass is 16.3. The molecule has 0 unspecified atom stereocenters. The Hall–Kier alpha value is -2.50. The second-order valence-corrected chi connectivity index (χ2v) is 4.85. The molecule has 0 aliphatic heterocycles. The lowest BCUT2D eigenvalue weighted by molar-refractivity contribution is 0.476. The second kappa shape index (κ2) is 7.33. The fraction of sp³-hybridized carbons (Fsp3) is 0.333. The van der Waals surface area contributed by atoms with Crippen molar-refractivity contribution in [1.82, 2.24) is 15.7 Å². The number of hydrogen-bond donors (Lipinski definition) is 5. The molecule has 2 rings (SSSR count). The van der Waals surface area contributed by atoms with Crippen LogP contribution in [0.15, 0.2) is 29.5 Å². The van der Waals surface area contributed by atoms with Crippen LogP contribution in [-0.4, -0.2) is 28.8 Å². The fourth-order valence-electron chi connectivity index (χ4n) is 2.03. The molecule has 0 aliphatic carbocycles. The summed E-state index contributed by atoms with van der Waals surface area (Å²) in [5.74, 6) is 0.403. The van der Waals surface area contributed by atoms with E-state index >= 15 is 0 Å². The average Bonchev–Trinajstić information content (AvgIpc) is 2.86. The molecule has 1 aromatic heterocycles. The maximum Gasteiger partial charge on any atom is 0.209 e. The van der Waals surface area contributed by atoms with Crippen molar-refractivity contribution in [1.29, 1.82) is 5.41 Å². The molecule has 0 radical (unpaired) electrons. The van der Waals surface area contributed by atoms with Gasteiger partial charge >= 0.3 is 0 Å². The van der Waals surface area contributed by atoms with E-state index in [2.05, 4.69) is 27.8 Å². The summed E-state index contributed by atoms with van der Waals surface area (Å²) in [4.78, 5) is 3.10. The summed E-state index contributed by atoms with van der Waals surface area (Å²) in [6.45, 7) is 2.92. The number of benzene rings is 1. The van der Waals surface area contributed by atoms with Gasteiger partial charge in [0.2, 0.25) is 5.96 Å². The van der Waals surface area contributed by atoms with E-state index in [1.165, 1.54) is 0 Å². The van der Waals surface area contributed by atoms with Crippen molar-refractivity contribution in [2.45, 2.75) is 26.2 Å². The molecule has 0 spiro atoms. The Labute approximate surface area is 123 Å². The molecule has 5 N–H and O–H groups in total. The van der Waals surface area contributed by atoms with Gasteiger partial charge in [-0.1, -0.05) is 19.8 Å². The van der Waals surface area contributed by atoms with Crippen LogP contribution in [0, 0.1) is 5.41 Å². The van der Waals surface area contributed by atoms with Crippen molar-refractivity contribution in [3.05, 3.63) is 30.0 Å². The Bertz CT molecular complexity index is 632. The lowest BCUT2D eigenvalue weighted by Gasteiger charge is -2.05. The van der Waals surface area contributed by atoms with Crippen molar-refractivity contribution in [3.8, 4) is 5.75 Å². The molecular formula is C15H21N5O. The maximum atomic E-state index is 9.51. The summed E-state index contributed by atoms with van der Waals surface area (Å²) >= 11 is 0. The SMILES string of the molecule is CCCCCNC(=N)N/N=C/c1c[nH]c2ccc(O)cc12. The molecule has 0 saturated carbocycles. The van der Waals surface area contributed by atoms with E-state index in [1.54, 1.807) is 18.3 Å². The number of fused-ring (bicyclic) bond motifs is 1. The second-order valence-electron chi connectivity index (χ2n) is 4.85. The number of H-pyrrole nitrogens is 1. The predicted molar refractivity (Wildman–Crippen MR) is 85.9 cm³/mol. The summed E-state index contributed by atoms with van der Waals surface area (Å²) in [5.41, 5.74) is 4.43. The number of aromatic hydroxyl groups is 1. The molecule has 0 bridgehead atoms. The highest BCUT2D eigenvalue weighted by Gasteiger charge is 2.02. The molecule has 6 heteroatoms. The first-order valence-corrected chi connectivity index (χ1v) is 7.12. The van der Waals surface area contributed by atoms with Gasteiger partial charge < -0.3 is 15.4 Å². The van der Waals surface area contributed by atoms with Gasteiger partial charge in [0.1, 0.15) is 5.75 Å². The third kappa shape index (κ3) is 4.24. The molecule has 0 fully saturated rings. The van der Waals surface area contributed by atoms with Crippen LogP contribution in [-0.2, 0) is 0 Å². The molecule has 21 heavy (non-hydrogen) atoms. The van der Waals surface area contributed by atoms with Gasteiger partial charge in [0.25, 0.3) is 0 Å². The number of guanidine groups is 1. The molecule has 0 atom stereocenters. The third-order valence-corrected chi connectivity index (χ3v) is 3.16. The van der Waals surface area contributed by atoms with Crippen LogP contribution < -0.4 is 10.7 Å². The van der Waals surface area contributed by atoms with Crippen LogP contribution in [0.5, 0.6) is 5.75 Å². The number of aromatic amines is 1. The van der Waals surface area contributed by atoms with E-state index in [9.17, 15) is 5.11 Å². The Morgan fingerprint density at radius 3 is 3.10 bits per heavy atom. The number of hydrogen-bond acceptors (Lipinski definition) is 3. The number of phenolic OH excluding ortho intramolecular Hbond substituents is 1. The highest BCUT2D eigenvalue weighted by Crippen LogP contribution is 2.21. The summed E-state index contributed by atoms with van der Waals surface area (Å²) < 4.78 is 0. The molecular weight excluding hydrogens is 266 g/mol. The van der Waals surface area contributed by atoms with E-state index in [0.717, 1.165) is 42.3 Å². The first kappa shape index (κ1) is 14.9. The number of nitrogens with zero attached hydrogens (tertiary/aromatic N) is 1. The Kier molecular flexibility index (Phi) is 5.20. The van der Waals surface area contributed by atoms with E-state index in [0.29, 0.717) is 0 Å².